The van der Waals surface area contributed by atoms with Crippen molar-refractivity contribution in [1.29, 1.82) is 0 Å². The summed E-state index contributed by atoms with van der Waals surface area (Å²) >= 11 is 0. The molecule has 116 valence electrons. The minimum absolute atomic E-state index is 0.235. The first-order chi connectivity index (χ1) is 10.1. The second kappa shape index (κ2) is 7.46. The number of carboxylic acid groups (broad SMARTS) is 1. The van der Waals surface area contributed by atoms with E-state index in [9.17, 15) is 9.90 Å². The van der Waals surface area contributed by atoms with Crippen molar-refractivity contribution in [3.63, 3.8) is 0 Å². The van der Waals surface area contributed by atoms with Gasteiger partial charge < -0.3 is 9.84 Å². The van der Waals surface area contributed by atoms with Crippen molar-refractivity contribution in [3.05, 3.63) is 29.8 Å². The Morgan fingerprint density at radius 3 is 2.95 bits per heavy atom. The van der Waals surface area contributed by atoms with Crippen molar-refractivity contribution in [2.75, 3.05) is 13.2 Å². The van der Waals surface area contributed by atoms with Gasteiger partial charge in [-0.15, -0.1) is 0 Å². The third-order valence-electron chi connectivity index (χ3n) is 4.12. The van der Waals surface area contributed by atoms with Crippen molar-refractivity contribution in [2.45, 2.75) is 45.7 Å². The molecule has 0 spiro atoms. The van der Waals surface area contributed by atoms with E-state index in [1.165, 1.54) is 5.56 Å². The number of rotatable bonds is 6. The molecule has 2 unspecified atom stereocenters. The molecule has 0 aromatic heterocycles. The number of benzene rings is 1. The van der Waals surface area contributed by atoms with Gasteiger partial charge in [-0.3, -0.25) is 9.69 Å². The number of piperidine rings is 1. The average molecular weight is 291 g/mol. The van der Waals surface area contributed by atoms with Gasteiger partial charge >= 0.3 is 5.97 Å². The van der Waals surface area contributed by atoms with Crippen molar-refractivity contribution < 1.29 is 14.6 Å². The molecule has 4 heteroatoms. The lowest BCUT2D eigenvalue weighted by Gasteiger charge is -2.36. The summed E-state index contributed by atoms with van der Waals surface area (Å²) in [7, 11) is 0. The van der Waals surface area contributed by atoms with Crippen LogP contribution in [-0.4, -0.2) is 35.2 Å². The standard InChI is InChI=1S/C17H25NO3/c1-3-9-21-16-6-4-5-14(10-16)11-18-12-15(17(19)20)8-7-13(18)2/h4-6,10,13,15H,3,7-9,11-12H2,1-2H3,(H,19,20). The highest BCUT2D eigenvalue weighted by Crippen LogP contribution is 2.25. The van der Waals surface area contributed by atoms with E-state index in [1.54, 1.807) is 0 Å². The number of ether oxygens (including phenoxy) is 1. The Hall–Kier alpha value is -1.55. The van der Waals surface area contributed by atoms with Crippen LogP contribution in [0.5, 0.6) is 5.75 Å². The van der Waals surface area contributed by atoms with Crippen molar-refractivity contribution in [3.8, 4) is 5.75 Å². The van der Waals surface area contributed by atoms with E-state index in [2.05, 4.69) is 30.9 Å². The first-order valence-corrected chi connectivity index (χ1v) is 7.78. The van der Waals surface area contributed by atoms with Crippen molar-refractivity contribution in [1.82, 2.24) is 4.90 Å². The Morgan fingerprint density at radius 1 is 1.43 bits per heavy atom. The molecule has 0 saturated carbocycles. The van der Waals surface area contributed by atoms with Crippen LogP contribution < -0.4 is 4.74 Å². The average Bonchev–Trinajstić information content (AvgIpc) is 2.47. The zero-order valence-corrected chi connectivity index (χ0v) is 12.9. The number of hydrogen-bond donors (Lipinski definition) is 1. The van der Waals surface area contributed by atoms with Crippen LogP contribution >= 0.6 is 0 Å². The lowest BCUT2D eigenvalue weighted by Crippen LogP contribution is -2.43. The summed E-state index contributed by atoms with van der Waals surface area (Å²) < 4.78 is 5.66. The van der Waals surface area contributed by atoms with Gasteiger partial charge in [-0.1, -0.05) is 19.1 Å². The van der Waals surface area contributed by atoms with Gasteiger partial charge in [0.2, 0.25) is 0 Å². The van der Waals surface area contributed by atoms with Gasteiger partial charge in [-0.05, 0) is 43.9 Å². The second-order valence-corrected chi connectivity index (χ2v) is 5.89. The molecule has 1 saturated heterocycles. The molecule has 0 amide bonds. The van der Waals surface area contributed by atoms with Crippen LogP contribution in [0, 0.1) is 5.92 Å². The first kappa shape index (κ1) is 15.8. The fraction of sp³-hybridized carbons (Fsp3) is 0.588. The predicted octanol–water partition coefficient (Wildman–Crippen LogP) is 3.16. The molecule has 0 radical (unpaired) electrons. The zero-order chi connectivity index (χ0) is 15.2. The van der Waals surface area contributed by atoms with Gasteiger partial charge in [0.1, 0.15) is 5.75 Å². The number of likely N-dealkylation sites (tertiary alicyclic amines) is 1. The molecule has 1 aliphatic rings. The number of nitrogens with zero attached hydrogens (tertiary/aromatic N) is 1. The van der Waals surface area contributed by atoms with Crippen LogP contribution in [0.25, 0.3) is 0 Å². The largest absolute Gasteiger partial charge is 0.494 e. The van der Waals surface area contributed by atoms with E-state index >= 15 is 0 Å². The zero-order valence-electron chi connectivity index (χ0n) is 12.9. The molecule has 1 fully saturated rings. The molecule has 1 heterocycles. The predicted molar refractivity (Wildman–Crippen MR) is 82.5 cm³/mol. The quantitative estimate of drug-likeness (QED) is 0.874. The molecule has 0 bridgehead atoms. The summed E-state index contributed by atoms with van der Waals surface area (Å²) in [5.74, 6) is -0.0125. The Kier molecular flexibility index (Phi) is 5.62. The lowest BCUT2D eigenvalue weighted by molar-refractivity contribution is -0.144. The Bertz CT molecular complexity index is 475. The molecule has 21 heavy (non-hydrogen) atoms. The molecule has 1 aliphatic heterocycles. The summed E-state index contributed by atoms with van der Waals surface area (Å²) in [6.45, 7) is 6.41. The van der Waals surface area contributed by atoms with Crippen LogP contribution in [0.2, 0.25) is 0 Å². The molecule has 1 aromatic carbocycles. The van der Waals surface area contributed by atoms with Crippen molar-refractivity contribution in [2.24, 2.45) is 5.92 Å². The van der Waals surface area contributed by atoms with Crippen LogP contribution in [0.15, 0.2) is 24.3 Å². The first-order valence-electron chi connectivity index (χ1n) is 7.78. The van der Waals surface area contributed by atoms with Gasteiger partial charge in [0, 0.05) is 19.1 Å². The van der Waals surface area contributed by atoms with Gasteiger partial charge in [0.15, 0.2) is 0 Å². The maximum Gasteiger partial charge on any atom is 0.307 e. The highest BCUT2D eigenvalue weighted by atomic mass is 16.5. The fourth-order valence-electron chi connectivity index (χ4n) is 2.79. The maximum absolute atomic E-state index is 11.2. The lowest BCUT2D eigenvalue weighted by atomic mass is 9.93. The van der Waals surface area contributed by atoms with E-state index in [0.29, 0.717) is 12.6 Å². The van der Waals surface area contributed by atoms with E-state index in [0.717, 1.165) is 38.2 Å². The number of carboxylic acids is 1. The minimum Gasteiger partial charge on any atom is -0.494 e. The highest BCUT2D eigenvalue weighted by molar-refractivity contribution is 5.70. The molecule has 1 aromatic rings. The van der Waals surface area contributed by atoms with Gasteiger partial charge in [-0.2, -0.15) is 0 Å². The molecule has 2 rings (SSSR count). The van der Waals surface area contributed by atoms with Crippen LogP contribution in [0.4, 0.5) is 0 Å². The van der Waals surface area contributed by atoms with Gasteiger partial charge in [0.25, 0.3) is 0 Å². The topological polar surface area (TPSA) is 49.8 Å². The second-order valence-electron chi connectivity index (χ2n) is 5.89. The summed E-state index contributed by atoms with van der Waals surface area (Å²) in [6.07, 6.45) is 2.73. The SMILES string of the molecule is CCCOc1cccc(CN2CC(C(=O)O)CCC2C)c1. The Balaban J connectivity index is 2.00. The van der Waals surface area contributed by atoms with E-state index in [4.69, 9.17) is 4.74 Å². The van der Waals surface area contributed by atoms with Crippen LogP contribution in [-0.2, 0) is 11.3 Å². The highest BCUT2D eigenvalue weighted by Gasteiger charge is 2.29. The van der Waals surface area contributed by atoms with Gasteiger partial charge in [0.05, 0.1) is 12.5 Å². The number of carbonyl (C=O) groups is 1. The minimum atomic E-state index is -0.674. The Morgan fingerprint density at radius 2 is 2.24 bits per heavy atom. The molecule has 2 atom stereocenters. The monoisotopic (exact) mass is 291 g/mol. The van der Waals surface area contributed by atoms with E-state index < -0.39 is 5.97 Å². The third kappa shape index (κ3) is 4.46. The molecule has 0 aliphatic carbocycles. The fourth-order valence-corrected chi connectivity index (χ4v) is 2.79. The Labute approximate surface area is 126 Å². The number of hydrogen-bond acceptors (Lipinski definition) is 3. The summed E-state index contributed by atoms with van der Waals surface area (Å²) in [5, 5.41) is 9.20. The smallest absolute Gasteiger partial charge is 0.307 e. The third-order valence-corrected chi connectivity index (χ3v) is 4.12. The molecular formula is C17H25NO3. The van der Waals surface area contributed by atoms with Crippen LogP contribution in [0.3, 0.4) is 0 Å². The maximum atomic E-state index is 11.2. The number of aliphatic carboxylic acids is 1. The summed E-state index contributed by atoms with van der Waals surface area (Å²) in [5.41, 5.74) is 1.18. The molecular weight excluding hydrogens is 266 g/mol. The normalized spacial score (nSPS) is 23.0. The van der Waals surface area contributed by atoms with Crippen LogP contribution in [0.1, 0.15) is 38.7 Å². The van der Waals surface area contributed by atoms with E-state index in [-0.39, 0.29) is 5.92 Å². The molecule has 4 nitrogen and oxygen atoms in total. The molecule has 1 N–H and O–H groups in total. The van der Waals surface area contributed by atoms with Crippen molar-refractivity contribution >= 4 is 5.97 Å². The summed E-state index contributed by atoms with van der Waals surface area (Å²) in [6, 6.07) is 8.55. The van der Waals surface area contributed by atoms with Gasteiger partial charge in [-0.25, -0.2) is 0 Å². The van der Waals surface area contributed by atoms with E-state index in [1.807, 2.05) is 12.1 Å². The summed E-state index contributed by atoms with van der Waals surface area (Å²) in [4.78, 5) is 13.4.